The molecule has 0 amide bonds. The Labute approximate surface area is 172 Å². The molecule has 0 aliphatic rings. The third-order valence-electron chi connectivity index (χ3n) is 5.11. The maximum absolute atomic E-state index is 13.1. The number of hydrogen-bond donors (Lipinski definition) is 1. The van der Waals surface area contributed by atoms with Gasteiger partial charge in [0, 0.05) is 17.8 Å². The van der Waals surface area contributed by atoms with Crippen LogP contribution >= 0.6 is 0 Å². The maximum atomic E-state index is 13.1. The number of ether oxygens (including phenoxy) is 3. The Hall–Kier alpha value is -2.80. The highest BCUT2D eigenvalue weighted by molar-refractivity contribution is 6.03. The first-order valence-electron chi connectivity index (χ1n) is 9.57. The predicted molar refractivity (Wildman–Crippen MR) is 111 cm³/mol. The highest BCUT2D eigenvalue weighted by atomic mass is 16.5. The summed E-state index contributed by atoms with van der Waals surface area (Å²) in [6, 6.07) is 5.25. The Balaban J connectivity index is 2.25. The topological polar surface area (TPSA) is 80.9 Å². The van der Waals surface area contributed by atoms with Crippen molar-refractivity contribution in [1.29, 1.82) is 0 Å². The fourth-order valence-electron chi connectivity index (χ4n) is 3.40. The lowest BCUT2D eigenvalue weighted by atomic mass is 10.0. The van der Waals surface area contributed by atoms with Crippen LogP contribution in [0.3, 0.4) is 0 Å². The number of aromatic amines is 1. The molecule has 29 heavy (non-hydrogen) atoms. The summed E-state index contributed by atoms with van der Waals surface area (Å²) in [4.78, 5) is 30.3. The number of aryl methyl sites for hydroxylation is 1. The van der Waals surface area contributed by atoms with Crippen molar-refractivity contribution in [3.63, 3.8) is 0 Å². The molecular weight excluding hydrogens is 372 g/mol. The molecule has 2 aromatic rings. The zero-order chi connectivity index (χ0) is 21.7. The lowest BCUT2D eigenvalue weighted by Crippen LogP contribution is -2.36. The largest absolute Gasteiger partial charge is 0.493 e. The molecule has 158 valence electrons. The highest BCUT2D eigenvalue weighted by Gasteiger charge is 2.28. The number of esters is 1. The van der Waals surface area contributed by atoms with E-state index >= 15 is 0 Å². The molecule has 1 N–H and O–H groups in total. The lowest BCUT2D eigenvalue weighted by molar-refractivity contribution is 0.0525. The van der Waals surface area contributed by atoms with E-state index in [0.717, 1.165) is 5.56 Å². The molecule has 0 aliphatic heterocycles. The van der Waals surface area contributed by atoms with Gasteiger partial charge in [-0.2, -0.15) is 0 Å². The molecule has 0 fully saturated rings. The summed E-state index contributed by atoms with van der Waals surface area (Å²) in [5.74, 6) is 0.788. The summed E-state index contributed by atoms with van der Waals surface area (Å²) in [6.45, 7) is 7.91. The van der Waals surface area contributed by atoms with Crippen molar-refractivity contribution >= 4 is 11.8 Å². The molecule has 0 spiro atoms. The van der Waals surface area contributed by atoms with Crippen molar-refractivity contribution in [1.82, 2.24) is 9.88 Å². The molecule has 0 saturated carbocycles. The van der Waals surface area contributed by atoms with E-state index in [2.05, 4.69) is 4.98 Å². The molecule has 2 rings (SSSR count). The van der Waals surface area contributed by atoms with Gasteiger partial charge in [0.25, 0.3) is 0 Å². The van der Waals surface area contributed by atoms with E-state index in [-0.39, 0.29) is 12.4 Å². The number of nitrogens with one attached hydrogen (secondary N) is 1. The number of methoxy groups -OCH3 is 2. The first kappa shape index (κ1) is 22.5. The van der Waals surface area contributed by atoms with Gasteiger partial charge in [0.15, 0.2) is 17.3 Å². The van der Waals surface area contributed by atoms with Crippen LogP contribution in [0.4, 0.5) is 0 Å². The molecule has 0 unspecified atom stereocenters. The summed E-state index contributed by atoms with van der Waals surface area (Å²) in [7, 11) is 5.06. The van der Waals surface area contributed by atoms with Crippen LogP contribution in [0.15, 0.2) is 18.2 Å². The van der Waals surface area contributed by atoms with Crippen LogP contribution in [0.5, 0.6) is 11.5 Å². The van der Waals surface area contributed by atoms with Crippen LogP contribution in [0, 0.1) is 13.8 Å². The van der Waals surface area contributed by atoms with Crippen LogP contribution in [0.1, 0.15) is 51.5 Å². The van der Waals surface area contributed by atoms with E-state index in [1.807, 2.05) is 37.1 Å². The van der Waals surface area contributed by atoms with E-state index < -0.39 is 12.0 Å². The van der Waals surface area contributed by atoms with Gasteiger partial charge in [-0.3, -0.25) is 9.69 Å². The molecule has 7 heteroatoms. The molecular formula is C22H30N2O5. The zero-order valence-corrected chi connectivity index (χ0v) is 18.2. The number of benzene rings is 1. The van der Waals surface area contributed by atoms with E-state index in [1.165, 1.54) is 0 Å². The number of ketones is 1. The molecule has 1 atom stereocenters. The summed E-state index contributed by atoms with van der Waals surface area (Å²) in [5.41, 5.74) is 3.03. The average molecular weight is 402 g/mol. The number of aromatic nitrogens is 1. The van der Waals surface area contributed by atoms with Crippen molar-refractivity contribution in [2.24, 2.45) is 0 Å². The van der Waals surface area contributed by atoms with E-state index in [9.17, 15) is 9.59 Å². The number of rotatable bonds is 9. The van der Waals surface area contributed by atoms with Crippen LogP contribution in [-0.4, -0.2) is 55.6 Å². The SMILES string of the molecule is CCOC(=O)c1c(C)[nH]c(C(=O)[C@H](C)N(C)Cc2cccc(OC)c2OC)c1C. The molecule has 0 saturated heterocycles. The van der Waals surface area contributed by atoms with Crippen molar-refractivity contribution in [2.75, 3.05) is 27.9 Å². The number of para-hydroxylation sites is 1. The Bertz CT molecular complexity index is 888. The molecule has 0 bridgehead atoms. The number of carbonyl (C=O) groups is 2. The van der Waals surface area contributed by atoms with Gasteiger partial charge in [0.2, 0.25) is 0 Å². The van der Waals surface area contributed by atoms with Crippen LogP contribution < -0.4 is 9.47 Å². The fraction of sp³-hybridized carbons (Fsp3) is 0.455. The summed E-state index contributed by atoms with van der Waals surface area (Å²) >= 11 is 0. The second kappa shape index (κ2) is 9.60. The van der Waals surface area contributed by atoms with E-state index in [4.69, 9.17) is 14.2 Å². The van der Waals surface area contributed by atoms with Crippen molar-refractivity contribution in [2.45, 2.75) is 40.3 Å². The summed E-state index contributed by atoms with van der Waals surface area (Å²) < 4.78 is 15.9. The Kier molecular flexibility index (Phi) is 7.45. The second-order valence-corrected chi connectivity index (χ2v) is 6.95. The van der Waals surface area contributed by atoms with Gasteiger partial charge in [-0.1, -0.05) is 12.1 Å². The van der Waals surface area contributed by atoms with Crippen molar-refractivity contribution in [3.8, 4) is 11.5 Å². The van der Waals surface area contributed by atoms with Crippen molar-refractivity contribution in [3.05, 3.63) is 46.3 Å². The third-order valence-corrected chi connectivity index (χ3v) is 5.11. The molecule has 1 aromatic heterocycles. The minimum Gasteiger partial charge on any atom is -0.493 e. The van der Waals surface area contributed by atoms with Gasteiger partial charge in [-0.05, 0) is 46.4 Å². The number of H-pyrrole nitrogens is 1. The number of nitrogens with zero attached hydrogens (tertiary/aromatic N) is 1. The lowest BCUT2D eigenvalue weighted by Gasteiger charge is -2.25. The monoisotopic (exact) mass is 402 g/mol. The van der Waals surface area contributed by atoms with Gasteiger partial charge in [0.05, 0.1) is 38.1 Å². The number of carbonyl (C=O) groups excluding carboxylic acids is 2. The minimum atomic E-state index is -0.419. The number of hydrogen-bond acceptors (Lipinski definition) is 6. The standard InChI is InChI=1S/C22H30N2O5/c1-8-29-22(26)18-13(2)19(23-14(18)3)20(25)15(4)24(5)12-16-10-9-11-17(27-6)21(16)28-7/h9-11,15,23H,8,12H2,1-7H3/t15-/m0/s1. The molecule has 1 heterocycles. The third kappa shape index (κ3) is 4.62. The van der Waals surface area contributed by atoms with Gasteiger partial charge in [-0.25, -0.2) is 4.79 Å². The summed E-state index contributed by atoms with van der Waals surface area (Å²) in [5, 5.41) is 0. The molecule has 0 aliphatic carbocycles. The molecule has 1 aromatic carbocycles. The Morgan fingerprint density at radius 3 is 2.45 bits per heavy atom. The summed E-state index contributed by atoms with van der Waals surface area (Å²) in [6.07, 6.45) is 0. The fourth-order valence-corrected chi connectivity index (χ4v) is 3.40. The van der Waals surface area contributed by atoms with Gasteiger partial charge in [-0.15, -0.1) is 0 Å². The highest BCUT2D eigenvalue weighted by Crippen LogP contribution is 2.32. The minimum absolute atomic E-state index is 0.0921. The van der Waals surface area contributed by atoms with Gasteiger partial charge < -0.3 is 19.2 Å². The van der Waals surface area contributed by atoms with Crippen LogP contribution in [-0.2, 0) is 11.3 Å². The van der Waals surface area contributed by atoms with Gasteiger partial charge >= 0.3 is 5.97 Å². The average Bonchev–Trinajstić information content (AvgIpc) is 3.00. The Morgan fingerprint density at radius 1 is 1.17 bits per heavy atom. The smallest absolute Gasteiger partial charge is 0.340 e. The van der Waals surface area contributed by atoms with Crippen molar-refractivity contribution < 1.29 is 23.8 Å². The quantitative estimate of drug-likeness (QED) is 0.511. The first-order valence-corrected chi connectivity index (χ1v) is 9.57. The Morgan fingerprint density at radius 2 is 1.86 bits per heavy atom. The first-order chi connectivity index (χ1) is 13.8. The zero-order valence-electron chi connectivity index (χ0n) is 18.2. The van der Waals surface area contributed by atoms with Crippen LogP contribution in [0.25, 0.3) is 0 Å². The maximum Gasteiger partial charge on any atom is 0.340 e. The number of likely N-dealkylation sites (N-methyl/N-ethyl adjacent to an activating group) is 1. The van der Waals surface area contributed by atoms with Gasteiger partial charge in [0.1, 0.15) is 0 Å². The molecule has 0 radical (unpaired) electrons. The van der Waals surface area contributed by atoms with Crippen LogP contribution in [0.2, 0.25) is 0 Å². The van der Waals surface area contributed by atoms with E-state index in [0.29, 0.717) is 40.6 Å². The normalized spacial score (nSPS) is 12.0. The number of Topliss-reactive ketones (excluding diaryl/α,β-unsaturated/α-hetero) is 1. The second-order valence-electron chi connectivity index (χ2n) is 6.95. The predicted octanol–water partition coefficient (Wildman–Crippen LogP) is 3.53. The molecule has 7 nitrogen and oxygen atoms in total. The van der Waals surface area contributed by atoms with E-state index in [1.54, 1.807) is 35.0 Å².